The van der Waals surface area contributed by atoms with Crippen molar-refractivity contribution in [3.05, 3.63) is 90.0 Å². The highest BCUT2D eigenvalue weighted by molar-refractivity contribution is 5.96. The Balaban J connectivity index is 1.14. The summed E-state index contributed by atoms with van der Waals surface area (Å²) in [6.45, 7) is 0.0248. The van der Waals surface area contributed by atoms with E-state index in [-0.39, 0.29) is 31.4 Å². The molecule has 3 fully saturated rings. The molecule has 5 atom stereocenters. The topological polar surface area (TPSA) is 156 Å². The van der Waals surface area contributed by atoms with E-state index in [1.54, 1.807) is 7.11 Å². The van der Waals surface area contributed by atoms with E-state index in [2.05, 4.69) is 10.6 Å². The van der Waals surface area contributed by atoms with Crippen LogP contribution in [-0.4, -0.2) is 82.4 Å². The van der Waals surface area contributed by atoms with Crippen molar-refractivity contribution >= 4 is 34.8 Å². The number of hydrogen-bond donors (Lipinski definition) is 3. The van der Waals surface area contributed by atoms with E-state index in [1.165, 1.54) is 4.90 Å². The molecule has 8 rings (SSSR count). The zero-order valence-corrected chi connectivity index (χ0v) is 30.9. The fourth-order valence-electron chi connectivity index (χ4n) is 8.60. The molecule has 4 aliphatic rings. The van der Waals surface area contributed by atoms with Crippen LogP contribution in [0.5, 0.6) is 11.5 Å². The monoisotopic (exact) mass is 746 g/mol. The summed E-state index contributed by atoms with van der Waals surface area (Å²) >= 11 is 0. The smallest absolute Gasteiger partial charge is 0.408 e. The van der Waals surface area contributed by atoms with Gasteiger partial charge in [0.2, 0.25) is 11.8 Å². The predicted octanol–water partition coefficient (Wildman–Crippen LogP) is 5.83. The number of fused-ring (bicyclic) bond motifs is 5. The number of carboxylic acids is 1. The largest absolute Gasteiger partial charge is 0.497 e. The molecule has 55 heavy (non-hydrogen) atoms. The van der Waals surface area contributed by atoms with Crippen LogP contribution in [0.1, 0.15) is 62.5 Å². The number of nitrogens with one attached hydrogen (secondary N) is 2. The minimum atomic E-state index is -1.40. The number of carbonyl (C=O) groups excluding carboxylic acids is 3. The Hall–Kier alpha value is -5.65. The SMILES string of the molecule is COc1ccc2c(O[C@@H]3C[C@H]4C(=O)N[C@@]5(C(=O)O)CC5CCCc5cccc(c5)C[C@@H](NC(=O)OC5CCCC5)C(=O)N4C3)cc(-c3ccccc3)nc2c1. The Kier molecular flexibility index (Phi) is 10.1. The van der Waals surface area contributed by atoms with Gasteiger partial charge in [-0.3, -0.25) is 9.59 Å². The maximum atomic E-state index is 14.8. The van der Waals surface area contributed by atoms with Gasteiger partial charge in [-0.1, -0.05) is 54.6 Å². The first-order valence-corrected chi connectivity index (χ1v) is 19.3. The van der Waals surface area contributed by atoms with Crippen LogP contribution in [0.25, 0.3) is 22.2 Å². The fourth-order valence-corrected chi connectivity index (χ4v) is 8.60. The summed E-state index contributed by atoms with van der Waals surface area (Å²) in [4.78, 5) is 61.4. The number of carbonyl (C=O) groups is 4. The van der Waals surface area contributed by atoms with E-state index >= 15 is 0 Å². The number of rotatable bonds is 7. The zero-order chi connectivity index (χ0) is 38.1. The Labute approximate surface area is 319 Å². The summed E-state index contributed by atoms with van der Waals surface area (Å²) in [5.41, 5.74) is 2.72. The lowest BCUT2D eigenvalue weighted by molar-refractivity contribution is -0.145. The van der Waals surface area contributed by atoms with Crippen LogP contribution in [0.2, 0.25) is 0 Å². The summed E-state index contributed by atoms with van der Waals surface area (Å²) in [7, 11) is 1.59. The lowest BCUT2D eigenvalue weighted by Crippen LogP contribution is -2.57. The van der Waals surface area contributed by atoms with Crippen LogP contribution in [-0.2, 0) is 32.0 Å². The van der Waals surface area contributed by atoms with Gasteiger partial charge < -0.3 is 34.9 Å². The van der Waals surface area contributed by atoms with Crippen molar-refractivity contribution in [3.63, 3.8) is 0 Å². The number of benzene rings is 3. The van der Waals surface area contributed by atoms with Gasteiger partial charge in [-0.2, -0.15) is 0 Å². The maximum Gasteiger partial charge on any atom is 0.408 e. The first-order valence-electron chi connectivity index (χ1n) is 19.3. The molecule has 3 N–H and O–H groups in total. The van der Waals surface area contributed by atoms with Gasteiger partial charge in [-0.25, -0.2) is 14.6 Å². The van der Waals surface area contributed by atoms with Crippen LogP contribution >= 0.6 is 0 Å². The van der Waals surface area contributed by atoms with Crippen LogP contribution in [0.15, 0.2) is 78.9 Å². The predicted molar refractivity (Wildman–Crippen MR) is 204 cm³/mol. The number of hydrogen-bond acceptors (Lipinski definition) is 8. The molecule has 2 saturated carbocycles. The third-order valence-electron chi connectivity index (χ3n) is 11.6. The average Bonchev–Trinajstić information content (AvgIpc) is 3.45. The highest BCUT2D eigenvalue weighted by Crippen LogP contribution is 2.47. The summed E-state index contributed by atoms with van der Waals surface area (Å²) < 4.78 is 18.0. The molecule has 1 unspecified atom stereocenters. The van der Waals surface area contributed by atoms with Gasteiger partial charge in [0, 0.05) is 35.9 Å². The summed E-state index contributed by atoms with van der Waals surface area (Å²) in [5, 5.41) is 16.8. The van der Waals surface area contributed by atoms with Crippen molar-refractivity contribution in [2.24, 2.45) is 5.92 Å². The van der Waals surface area contributed by atoms with E-state index in [9.17, 15) is 24.3 Å². The minimum absolute atomic E-state index is 0.0248. The van der Waals surface area contributed by atoms with Gasteiger partial charge in [-0.15, -0.1) is 0 Å². The molecular formula is C43H46N4O8. The second kappa shape index (κ2) is 15.2. The molecule has 3 aromatic carbocycles. The standard InChI is InChI=1S/C43H46N4O8/c1-53-31-17-18-33-35(21-31)44-34(28-12-3-2-4-13-28)23-38(33)54-32-22-37-39(48)46-43(41(50)51)24-29(43)14-8-10-26-9-7-11-27(19-26)20-36(40(49)47(37)25-32)45-42(52)55-30-15-5-6-16-30/h2-4,7,9,11-13,17-19,21,23,29-30,32,36-37H,5-6,8,10,14-16,20,22,24-25H2,1H3,(H,45,52)(H,46,48)(H,50,51)/t29?,32-,36-,37+,43+/m1/s1. The molecule has 12 nitrogen and oxygen atoms in total. The molecule has 0 spiro atoms. The maximum absolute atomic E-state index is 14.8. The third kappa shape index (κ3) is 7.67. The van der Waals surface area contributed by atoms with Crippen molar-refractivity contribution in [3.8, 4) is 22.8 Å². The van der Waals surface area contributed by atoms with Gasteiger partial charge in [0.25, 0.3) is 0 Å². The third-order valence-corrected chi connectivity index (χ3v) is 11.6. The number of aliphatic carboxylic acids is 1. The molecule has 286 valence electrons. The highest BCUT2D eigenvalue weighted by Gasteiger charge is 2.62. The number of aryl methyl sites for hydroxylation is 1. The zero-order valence-electron chi connectivity index (χ0n) is 30.9. The van der Waals surface area contributed by atoms with E-state index in [4.69, 9.17) is 19.2 Å². The van der Waals surface area contributed by atoms with E-state index in [0.717, 1.165) is 60.6 Å². The molecular weight excluding hydrogens is 700 g/mol. The molecule has 3 amide bonds. The Bertz CT molecular complexity index is 2100. The molecule has 4 aromatic rings. The second-order valence-electron chi connectivity index (χ2n) is 15.3. The van der Waals surface area contributed by atoms with E-state index in [1.807, 2.05) is 78.9 Å². The molecule has 12 heteroatoms. The molecule has 1 aromatic heterocycles. The first kappa shape index (κ1) is 36.3. The minimum Gasteiger partial charge on any atom is -0.497 e. The van der Waals surface area contributed by atoms with Gasteiger partial charge in [0.1, 0.15) is 41.3 Å². The number of carboxylic acid groups (broad SMARTS) is 1. The molecule has 2 bridgehead atoms. The van der Waals surface area contributed by atoms with Crippen LogP contribution in [0, 0.1) is 5.92 Å². The van der Waals surface area contributed by atoms with Crippen molar-refractivity contribution in [1.29, 1.82) is 0 Å². The van der Waals surface area contributed by atoms with Gasteiger partial charge in [0.15, 0.2) is 0 Å². The number of alkyl carbamates (subject to hydrolysis) is 1. The first-order chi connectivity index (χ1) is 26.7. The van der Waals surface area contributed by atoms with E-state index in [0.29, 0.717) is 35.6 Å². The molecule has 2 aliphatic heterocycles. The molecule has 3 heterocycles. The van der Waals surface area contributed by atoms with Crippen molar-refractivity contribution in [1.82, 2.24) is 20.5 Å². The number of amides is 3. The average molecular weight is 747 g/mol. The van der Waals surface area contributed by atoms with Gasteiger partial charge in [-0.05, 0) is 80.5 Å². The number of nitrogens with zero attached hydrogens (tertiary/aromatic N) is 2. The summed E-state index contributed by atoms with van der Waals surface area (Å²) in [6.07, 6.45) is 4.67. The fraction of sp³-hybridized carbons (Fsp3) is 0.419. The molecule has 2 aliphatic carbocycles. The Morgan fingerprint density at radius 2 is 1.73 bits per heavy atom. The van der Waals surface area contributed by atoms with Crippen molar-refractivity contribution in [2.45, 2.75) is 94.0 Å². The van der Waals surface area contributed by atoms with Crippen LogP contribution in [0.3, 0.4) is 0 Å². The van der Waals surface area contributed by atoms with Crippen molar-refractivity contribution < 1.29 is 38.5 Å². The summed E-state index contributed by atoms with van der Waals surface area (Å²) in [5.74, 6) is -1.19. The Morgan fingerprint density at radius 1 is 0.927 bits per heavy atom. The normalized spacial score (nSPS) is 25.5. The molecule has 0 radical (unpaired) electrons. The molecule has 1 saturated heterocycles. The second-order valence-corrected chi connectivity index (χ2v) is 15.3. The number of ether oxygens (including phenoxy) is 3. The highest BCUT2D eigenvalue weighted by atomic mass is 16.6. The number of aromatic nitrogens is 1. The van der Waals surface area contributed by atoms with Crippen LogP contribution in [0.4, 0.5) is 4.79 Å². The van der Waals surface area contributed by atoms with Gasteiger partial charge in [0.05, 0.1) is 24.9 Å². The Morgan fingerprint density at radius 3 is 2.51 bits per heavy atom. The van der Waals surface area contributed by atoms with Crippen LogP contribution < -0.4 is 20.1 Å². The lowest BCUT2D eigenvalue weighted by Gasteiger charge is -2.29. The van der Waals surface area contributed by atoms with Gasteiger partial charge >= 0.3 is 12.1 Å². The lowest BCUT2D eigenvalue weighted by atomic mass is 9.99. The van der Waals surface area contributed by atoms with Crippen molar-refractivity contribution in [2.75, 3.05) is 13.7 Å². The summed E-state index contributed by atoms with van der Waals surface area (Å²) in [6, 6.07) is 22.9. The number of pyridine rings is 1. The van der Waals surface area contributed by atoms with E-state index < -0.39 is 47.6 Å². The quantitative estimate of drug-likeness (QED) is 0.212. The number of methoxy groups -OCH3 is 1.